The van der Waals surface area contributed by atoms with Gasteiger partial charge in [-0.05, 0) is 43.1 Å². The van der Waals surface area contributed by atoms with E-state index < -0.39 is 18.2 Å². The number of carbonyl (C=O) groups is 1. The number of hydrogen-bond acceptors (Lipinski definition) is 4. The van der Waals surface area contributed by atoms with Crippen LogP contribution in [-0.2, 0) is 0 Å². The number of rotatable bonds is 4. The number of halogens is 3. The summed E-state index contributed by atoms with van der Waals surface area (Å²) in [5, 5.41) is 21.8. The van der Waals surface area contributed by atoms with E-state index in [4.69, 9.17) is 0 Å². The molecule has 25 heavy (non-hydrogen) atoms. The van der Waals surface area contributed by atoms with Crippen molar-refractivity contribution in [2.24, 2.45) is 0 Å². The molecule has 1 aromatic carbocycles. The highest BCUT2D eigenvalue weighted by atomic mass is 19.4. The molecule has 2 atom stereocenters. The van der Waals surface area contributed by atoms with Crippen LogP contribution in [-0.4, -0.2) is 33.9 Å². The zero-order valence-corrected chi connectivity index (χ0v) is 13.1. The standard InChI is InChI=1S/C16H17F3N4O2/c17-16(18,19)14(24)9-3-5-10(6-4-9)21-15(25)13-8-12(22-23-13)11-2-1-7-20-11/h3-6,8,11,14,20,24H,1-2,7H2,(H,21,25)(H,22,23). The van der Waals surface area contributed by atoms with Gasteiger partial charge in [0.1, 0.15) is 0 Å². The average molecular weight is 354 g/mol. The van der Waals surface area contributed by atoms with Gasteiger partial charge in [-0.1, -0.05) is 12.1 Å². The van der Waals surface area contributed by atoms with Crippen molar-refractivity contribution < 1.29 is 23.1 Å². The van der Waals surface area contributed by atoms with Gasteiger partial charge in [-0.15, -0.1) is 0 Å². The van der Waals surface area contributed by atoms with Gasteiger partial charge in [-0.2, -0.15) is 18.3 Å². The quantitative estimate of drug-likeness (QED) is 0.680. The van der Waals surface area contributed by atoms with Crippen LogP contribution < -0.4 is 10.6 Å². The highest BCUT2D eigenvalue weighted by molar-refractivity contribution is 6.02. The zero-order valence-electron chi connectivity index (χ0n) is 13.1. The number of benzene rings is 1. The van der Waals surface area contributed by atoms with Crippen LogP contribution in [0.1, 0.15) is 46.7 Å². The minimum absolute atomic E-state index is 0.150. The molecule has 2 unspecified atom stereocenters. The van der Waals surface area contributed by atoms with Crippen molar-refractivity contribution in [1.82, 2.24) is 15.5 Å². The van der Waals surface area contributed by atoms with Crippen molar-refractivity contribution in [2.45, 2.75) is 31.2 Å². The Labute approximate surface area is 141 Å². The van der Waals surface area contributed by atoms with Gasteiger partial charge in [0.2, 0.25) is 0 Å². The molecule has 0 aliphatic carbocycles. The van der Waals surface area contributed by atoms with Gasteiger partial charge in [0.05, 0.1) is 5.69 Å². The van der Waals surface area contributed by atoms with Crippen LogP contribution in [0.2, 0.25) is 0 Å². The minimum atomic E-state index is -4.73. The van der Waals surface area contributed by atoms with Gasteiger partial charge in [0.15, 0.2) is 11.8 Å². The molecule has 1 amide bonds. The van der Waals surface area contributed by atoms with E-state index in [1.807, 2.05) is 0 Å². The molecule has 1 saturated heterocycles. The molecule has 1 aliphatic heterocycles. The smallest absolute Gasteiger partial charge is 0.379 e. The Morgan fingerprint density at radius 1 is 1.32 bits per heavy atom. The molecule has 6 nitrogen and oxygen atoms in total. The molecule has 0 radical (unpaired) electrons. The third kappa shape index (κ3) is 3.99. The van der Waals surface area contributed by atoms with E-state index in [2.05, 4.69) is 20.8 Å². The summed E-state index contributed by atoms with van der Waals surface area (Å²) < 4.78 is 37.4. The van der Waals surface area contributed by atoms with Crippen LogP contribution in [0.3, 0.4) is 0 Å². The molecule has 3 rings (SSSR count). The van der Waals surface area contributed by atoms with E-state index in [0.29, 0.717) is 5.69 Å². The fourth-order valence-electron chi connectivity index (χ4n) is 2.71. The van der Waals surface area contributed by atoms with E-state index >= 15 is 0 Å². The average Bonchev–Trinajstić information content (AvgIpc) is 3.25. The molecule has 0 saturated carbocycles. The van der Waals surface area contributed by atoms with Gasteiger partial charge < -0.3 is 15.7 Å². The zero-order chi connectivity index (χ0) is 18.0. The maximum absolute atomic E-state index is 12.5. The lowest BCUT2D eigenvalue weighted by Gasteiger charge is -2.15. The third-order valence-electron chi connectivity index (χ3n) is 4.06. The Bertz CT molecular complexity index is 737. The first-order valence-electron chi connectivity index (χ1n) is 7.79. The lowest BCUT2D eigenvalue weighted by atomic mass is 10.1. The molecule has 1 aromatic heterocycles. The van der Waals surface area contributed by atoms with Crippen LogP contribution >= 0.6 is 0 Å². The topological polar surface area (TPSA) is 90.0 Å². The van der Waals surface area contributed by atoms with E-state index in [1.165, 1.54) is 12.1 Å². The number of amides is 1. The van der Waals surface area contributed by atoms with Gasteiger partial charge in [-0.3, -0.25) is 9.89 Å². The SMILES string of the molecule is O=C(Nc1ccc(C(O)C(F)(F)F)cc1)c1cc(C2CCCN2)[nH]n1. The number of aromatic amines is 1. The summed E-state index contributed by atoms with van der Waals surface area (Å²) >= 11 is 0. The van der Waals surface area contributed by atoms with E-state index in [1.54, 1.807) is 6.07 Å². The molecule has 2 aromatic rings. The monoisotopic (exact) mass is 354 g/mol. The van der Waals surface area contributed by atoms with E-state index in [0.717, 1.165) is 37.2 Å². The summed E-state index contributed by atoms with van der Waals surface area (Å²) in [6, 6.07) is 6.64. The van der Waals surface area contributed by atoms with Gasteiger partial charge in [0.25, 0.3) is 5.91 Å². The fraction of sp³-hybridized carbons (Fsp3) is 0.375. The van der Waals surface area contributed by atoms with Gasteiger partial charge in [-0.25, -0.2) is 0 Å². The molecule has 2 heterocycles. The fourth-order valence-corrected chi connectivity index (χ4v) is 2.71. The lowest BCUT2D eigenvalue weighted by Crippen LogP contribution is -2.20. The summed E-state index contributed by atoms with van der Waals surface area (Å²) in [6.45, 7) is 0.918. The van der Waals surface area contributed by atoms with Crippen molar-refractivity contribution in [3.63, 3.8) is 0 Å². The normalized spacial score (nSPS) is 19.0. The van der Waals surface area contributed by atoms with Crippen molar-refractivity contribution in [2.75, 3.05) is 11.9 Å². The number of carbonyl (C=O) groups excluding carboxylic acids is 1. The number of aromatic nitrogens is 2. The second kappa shape index (κ2) is 6.85. The summed E-state index contributed by atoms with van der Waals surface area (Å²) in [5.74, 6) is -0.468. The number of nitrogens with one attached hydrogen (secondary N) is 3. The van der Waals surface area contributed by atoms with Crippen LogP contribution in [0.15, 0.2) is 30.3 Å². The first-order valence-corrected chi connectivity index (χ1v) is 7.79. The van der Waals surface area contributed by atoms with Crippen molar-refractivity contribution in [1.29, 1.82) is 0 Å². The molecule has 1 fully saturated rings. The Morgan fingerprint density at radius 3 is 2.64 bits per heavy atom. The highest BCUT2D eigenvalue weighted by Gasteiger charge is 2.39. The minimum Gasteiger partial charge on any atom is -0.379 e. The Kier molecular flexibility index (Phi) is 4.78. The number of aliphatic hydroxyl groups is 1. The Morgan fingerprint density at radius 2 is 2.04 bits per heavy atom. The number of hydrogen-bond donors (Lipinski definition) is 4. The Balaban J connectivity index is 1.65. The first kappa shape index (κ1) is 17.4. The number of alkyl halides is 3. The van der Waals surface area contributed by atoms with Crippen LogP contribution in [0.4, 0.5) is 18.9 Å². The summed E-state index contributed by atoms with van der Waals surface area (Å²) in [5.41, 5.74) is 1.04. The van der Waals surface area contributed by atoms with Crippen LogP contribution in [0.5, 0.6) is 0 Å². The largest absolute Gasteiger partial charge is 0.418 e. The second-order valence-corrected chi connectivity index (χ2v) is 5.88. The Hall–Kier alpha value is -2.39. The van der Waals surface area contributed by atoms with E-state index in [9.17, 15) is 23.1 Å². The molecule has 134 valence electrons. The van der Waals surface area contributed by atoms with Crippen molar-refractivity contribution in [3.05, 3.63) is 47.3 Å². The predicted molar refractivity (Wildman–Crippen MR) is 84.0 cm³/mol. The number of H-pyrrole nitrogens is 1. The van der Waals surface area contributed by atoms with E-state index in [-0.39, 0.29) is 17.3 Å². The molecule has 9 heteroatoms. The number of nitrogens with zero attached hydrogens (tertiary/aromatic N) is 1. The third-order valence-corrected chi connectivity index (χ3v) is 4.06. The summed E-state index contributed by atoms with van der Waals surface area (Å²) in [6.07, 6.45) is -5.26. The summed E-state index contributed by atoms with van der Waals surface area (Å²) in [4.78, 5) is 12.2. The maximum atomic E-state index is 12.5. The molecule has 4 N–H and O–H groups in total. The van der Waals surface area contributed by atoms with Crippen molar-refractivity contribution in [3.8, 4) is 0 Å². The van der Waals surface area contributed by atoms with Crippen LogP contribution in [0.25, 0.3) is 0 Å². The first-order chi connectivity index (χ1) is 11.8. The highest BCUT2D eigenvalue weighted by Crippen LogP contribution is 2.32. The molecular weight excluding hydrogens is 337 g/mol. The van der Waals surface area contributed by atoms with Gasteiger partial charge >= 0.3 is 6.18 Å². The second-order valence-electron chi connectivity index (χ2n) is 5.88. The summed E-state index contributed by atoms with van der Waals surface area (Å²) in [7, 11) is 0. The maximum Gasteiger partial charge on any atom is 0.418 e. The molecule has 0 spiro atoms. The van der Waals surface area contributed by atoms with Gasteiger partial charge in [0, 0.05) is 11.7 Å². The van der Waals surface area contributed by atoms with Crippen molar-refractivity contribution >= 4 is 11.6 Å². The molecule has 1 aliphatic rings. The number of anilines is 1. The molecular formula is C16H17F3N4O2. The number of aliphatic hydroxyl groups excluding tert-OH is 1. The predicted octanol–water partition coefficient (Wildman–Crippen LogP) is 2.68. The lowest BCUT2D eigenvalue weighted by molar-refractivity contribution is -0.206. The van der Waals surface area contributed by atoms with Crippen LogP contribution in [0, 0.1) is 0 Å². The molecule has 0 bridgehead atoms.